The van der Waals surface area contributed by atoms with Crippen LogP contribution in [0.15, 0.2) is 199 Å². The Morgan fingerprint density at radius 3 is 1.90 bits per heavy atom. The van der Waals surface area contributed by atoms with Gasteiger partial charge in [-0.2, -0.15) is 9.97 Å². The second-order valence-electron chi connectivity index (χ2n) is 15.6. The van der Waals surface area contributed by atoms with E-state index in [9.17, 15) is 0 Å². The zero-order valence-corrected chi connectivity index (χ0v) is 33.4. The zero-order chi connectivity index (χ0) is 40.0. The van der Waals surface area contributed by atoms with Crippen LogP contribution in [0.25, 0.3) is 126 Å². The second-order valence-corrected chi connectivity index (χ2v) is 16.7. The van der Waals surface area contributed by atoms with Gasteiger partial charge in [0, 0.05) is 63.8 Å². The third kappa shape index (κ3) is 5.36. The molecule has 0 unspecified atom stereocenters. The van der Waals surface area contributed by atoms with Gasteiger partial charge in [0.2, 0.25) is 5.95 Å². The van der Waals surface area contributed by atoms with Crippen LogP contribution in [0.2, 0.25) is 0 Å². The number of hydrogen-bond acceptors (Lipinski definition) is 5. The summed E-state index contributed by atoms with van der Waals surface area (Å²) in [5.74, 6) is 1.71. The summed E-state index contributed by atoms with van der Waals surface area (Å²) in [6.45, 7) is 0. The molecule has 0 fully saturated rings. The van der Waals surface area contributed by atoms with Crippen molar-refractivity contribution in [2.45, 2.75) is 0 Å². The highest BCUT2D eigenvalue weighted by Crippen LogP contribution is 2.43. The quantitative estimate of drug-likeness (QED) is 0.174. The summed E-state index contributed by atoms with van der Waals surface area (Å²) in [7, 11) is 0. The SMILES string of the molecule is c1ccc(-c2nc(-c3ccc4c(c3)oc3ccccc34)nc(-n3c4c(-c5cccc(-c6ccc7c(c6)sc6ccccc67)c5)cccc4c4ccc5ccccc5c43)n2)cc1. The molecule has 0 radical (unpaired) electrons. The number of fused-ring (bicyclic) bond motifs is 11. The highest BCUT2D eigenvalue weighted by molar-refractivity contribution is 7.25. The van der Waals surface area contributed by atoms with E-state index in [0.717, 1.165) is 82.3 Å². The third-order valence-corrected chi connectivity index (χ3v) is 13.2. The molecule has 0 aliphatic heterocycles. The van der Waals surface area contributed by atoms with Crippen molar-refractivity contribution in [3.63, 3.8) is 0 Å². The van der Waals surface area contributed by atoms with Crippen LogP contribution >= 0.6 is 11.3 Å². The van der Waals surface area contributed by atoms with Gasteiger partial charge in [-0.3, -0.25) is 4.57 Å². The molecule has 0 saturated heterocycles. The summed E-state index contributed by atoms with van der Waals surface area (Å²) in [6.07, 6.45) is 0. The molecule has 6 heteroatoms. The van der Waals surface area contributed by atoms with Crippen LogP contribution in [0.3, 0.4) is 0 Å². The highest BCUT2D eigenvalue weighted by atomic mass is 32.1. The van der Waals surface area contributed by atoms with Crippen LogP contribution in [0.5, 0.6) is 0 Å². The van der Waals surface area contributed by atoms with Crippen LogP contribution in [-0.4, -0.2) is 19.5 Å². The largest absolute Gasteiger partial charge is 0.456 e. The first kappa shape index (κ1) is 34.0. The number of furan rings is 1. The zero-order valence-electron chi connectivity index (χ0n) is 32.6. The minimum absolute atomic E-state index is 0.545. The fourth-order valence-electron chi connectivity index (χ4n) is 9.21. The number of thiophene rings is 1. The Balaban J connectivity index is 1.07. The Kier molecular flexibility index (Phi) is 7.41. The van der Waals surface area contributed by atoms with Gasteiger partial charge in [-0.1, -0.05) is 158 Å². The van der Waals surface area contributed by atoms with Crippen LogP contribution in [0.1, 0.15) is 0 Å². The molecule has 13 rings (SSSR count). The average molecular weight is 797 g/mol. The molecule has 0 atom stereocenters. The normalized spacial score (nSPS) is 11.9. The Bertz CT molecular complexity index is 3900. The first-order valence-corrected chi connectivity index (χ1v) is 21.2. The van der Waals surface area contributed by atoms with Crippen molar-refractivity contribution in [2.24, 2.45) is 0 Å². The third-order valence-electron chi connectivity index (χ3n) is 12.1. The van der Waals surface area contributed by atoms with E-state index in [2.05, 4.69) is 162 Å². The van der Waals surface area contributed by atoms with Crippen LogP contribution < -0.4 is 0 Å². The molecular weight excluding hydrogens is 765 g/mol. The minimum Gasteiger partial charge on any atom is -0.456 e. The summed E-state index contributed by atoms with van der Waals surface area (Å²) in [6, 6.07) is 68.7. The molecule has 284 valence electrons. The van der Waals surface area contributed by atoms with E-state index in [-0.39, 0.29) is 0 Å². The molecule has 13 aromatic rings. The van der Waals surface area contributed by atoms with E-state index in [1.807, 2.05) is 47.7 Å². The Morgan fingerprint density at radius 1 is 0.361 bits per heavy atom. The summed E-state index contributed by atoms with van der Waals surface area (Å²) in [4.78, 5) is 15.9. The number of aromatic nitrogens is 4. The van der Waals surface area contributed by atoms with Gasteiger partial charge >= 0.3 is 0 Å². The van der Waals surface area contributed by atoms with Crippen molar-refractivity contribution < 1.29 is 4.42 Å². The van der Waals surface area contributed by atoms with Gasteiger partial charge in [0.25, 0.3) is 0 Å². The van der Waals surface area contributed by atoms with Crippen molar-refractivity contribution in [2.75, 3.05) is 0 Å². The standard InChI is InChI=1S/C55H32N4OS/c1-2-13-34(14-3-1)53-56-54(38-26-27-42-41-18-6-8-22-47(41)60-48(42)31-38)58-55(57-53)59-51-39-17-5-4-12-33(39)24-29-46(51)45-21-11-20-40(52(45)59)37-16-10-15-35(30-37)36-25-28-44-43-19-7-9-23-49(43)61-50(44)32-36/h1-32H. The van der Waals surface area contributed by atoms with Crippen molar-refractivity contribution in [3.8, 4) is 51.0 Å². The molecule has 0 aliphatic carbocycles. The Morgan fingerprint density at radius 2 is 0.984 bits per heavy atom. The molecule has 4 aromatic heterocycles. The monoisotopic (exact) mass is 796 g/mol. The molecule has 0 saturated carbocycles. The van der Waals surface area contributed by atoms with Gasteiger partial charge in [0.15, 0.2) is 11.6 Å². The highest BCUT2D eigenvalue weighted by Gasteiger charge is 2.23. The Hall–Kier alpha value is -7.93. The Labute approximate surface area is 353 Å². The summed E-state index contributed by atoms with van der Waals surface area (Å²) >= 11 is 1.85. The molecule has 0 spiro atoms. The predicted molar refractivity (Wildman–Crippen MR) is 254 cm³/mol. The van der Waals surface area contributed by atoms with Crippen molar-refractivity contribution >= 4 is 86.0 Å². The molecule has 0 amide bonds. The maximum atomic E-state index is 6.36. The van der Waals surface area contributed by atoms with E-state index in [1.54, 1.807) is 0 Å². The first-order chi connectivity index (χ1) is 30.2. The molecular formula is C55H32N4OS. The van der Waals surface area contributed by atoms with Gasteiger partial charge in [0.05, 0.1) is 11.0 Å². The van der Waals surface area contributed by atoms with Gasteiger partial charge in [-0.15, -0.1) is 11.3 Å². The summed E-state index contributed by atoms with van der Waals surface area (Å²) in [5, 5.41) is 9.27. The van der Waals surface area contributed by atoms with Crippen molar-refractivity contribution in [1.29, 1.82) is 0 Å². The topological polar surface area (TPSA) is 56.7 Å². The number of hydrogen-bond donors (Lipinski definition) is 0. The number of rotatable bonds is 5. The molecule has 9 aromatic carbocycles. The minimum atomic E-state index is 0.545. The summed E-state index contributed by atoms with van der Waals surface area (Å²) < 4.78 is 11.2. The fraction of sp³-hybridized carbons (Fsp3) is 0. The first-order valence-electron chi connectivity index (χ1n) is 20.4. The lowest BCUT2D eigenvalue weighted by atomic mass is 9.97. The smallest absolute Gasteiger partial charge is 0.238 e. The molecule has 0 bridgehead atoms. The lowest BCUT2D eigenvalue weighted by Gasteiger charge is -2.14. The number of nitrogens with zero attached hydrogens (tertiary/aromatic N) is 4. The van der Waals surface area contributed by atoms with E-state index in [1.165, 1.54) is 25.7 Å². The molecule has 0 aliphatic rings. The molecule has 61 heavy (non-hydrogen) atoms. The lowest BCUT2D eigenvalue weighted by Crippen LogP contribution is -2.07. The van der Waals surface area contributed by atoms with E-state index < -0.39 is 0 Å². The van der Waals surface area contributed by atoms with Crippen molar-refractivity contribution in [1.82, 2.24) is 19.5 Å². The number of benzene rings is 9. The maximum Gasteiger partial charge on any atom is 0.238 e. The molecule has 4 heterocycles. The fourth-order valence-corrected chi connectivity index (χ4v) is 10.4. The van der Waals surface area contributed by atoms with E-state index in [4.69, 9.17) is 19.4 Å². The van der Waals surface area contributed by atoms with Crippen LogP contribution in [-0.2, 0) is 0 Å². The van der Waals surface area contributed by atoms with Crippen LogP contribution in [0.4, 0.5) is 0 Å². The van der Waals surface area contributed by atoms with Crippen molar-refractivity contribution in [3.05, 3.63) is 194 Å². The molecule has 5 nitrogen and oxygen atoms in total. The molecule has 0 N–H and O–H groups in total. The predicted octanol–water partition coefficient (Wildman–Crippen LogP) is 15.1. The van der Waals surface area contributed by atoms with Gasteiger partial charge in [0.1, 0.15) is 11.2 Å². The second kappa shape index (κ2) is 13.3. The van der Waals surface area contributed by atoms with Gasteiger partial charge in [-0.05, 0) is 58.5 Å². The maximum absolute atomic E-state index is 6.36. The number of para-hydroxylation sites is 2. The van der Waals surface area contributed by atoms with Gasteiger partial charge < -0.3 is 4.42 Å². The van der Waals surface area contributed by atoms with Gasteiger partial charge in [-0.25, -0.2) is 4.98 Å². The lowest BCUT2D eigenvalue weighted by molar-refractivity contribution is 0.669. The summed E-state index contributed by atoms with van der Waals surface area (Å²) in [5.41, 5.74) is 10.0. The van der Waals surface area contributed by atoms with E-state index >= 15 is 0 Å². The van der Waals surface area contributed by atoms with Crippen LogP contribution in [0, 0.1) is 0 Å². The van der Waals surface area contributed by atoms with E-state index in [0.29, 0.717) is 17.6 Å². The average Bonchev–Trinajstić information content (AvgIpc) is 4.01.